The van der Waals surface area contributed by atoms with Crippen molar-refractivity contribution in [1.82, 2.24) is 15.3 Å². The van der Waals surface area contributed by atoms with Crippen LogP contribution >= 0.6 is 23.4 Å². The van der Waals surface area contributed by atoms with Crippen molar-refractivity contribution in [2.24, 2.45) is 4.99 Å². The van der Waals surface area contributed by atoms with Crippen LogP contribution in [-0.4, -0.2) is 43.9 Å². The number of halogens is 1. The monoisotopic (exact) mass is 543 g/mol. The lowest BCUT2D eigenvalue weighted by Gasteiger charge is -2.18. The lowest BCUT2D eigenvalue weighted by Crippen LogP contribution is -2.29. The van der Waals surface area contributed by atoms with E-state index in [2.05, 4.69) is 25.6 Å². The smallest absolute Gasteiger partial charge is 0.328 e. The van der Waals surface area contributed by atoms with Gasteiger partial charge in [-0.3, -0.25) is 24.4 Å². The highest BCUT2D eigenvalue weighted by atomic mass is 35.5. The van der Waals surface area contributed by atoms with Crippen LogP contribution < -0.4 is 26.6 Å². The van der Waals surface area contributed by atoms with Gasteiger partial charge in [-0.1, -0.05) is 47.6 Å². The molecule has 37 heavy (non-hydrogen) atoms. The summed E-state index contributed by atoms with van der Waals surface area (Å²) in [5.74, 6) is -1.11. The van der Waals surface area contributed by atoms with Crippen LogP contribution in [0.4, 0.5) is 5.69 Å². The summed E-state index contributed by atoms with van der Waals surface area (Å²) in [5.41, 5.74) is -1.06. The van der Waals surface area contributed by atoms with Gasteiger partial charge in [0.2, 0.25) is 17.7 Å². The molecule has 0 bridgehead atoms. The van der Waals surface area contributed by atoms with E-state index in [0.29, 0.717) is 28.6 Å². The highest BCUT2D eigenvalue weighted by molar-refractivity contribution is 8.15. The first-order valence-corrected chi connectivity index (χ1v) is 12.4. The number of aromatic nitrogens is 2. The number of aromatic amines is 2. The first kappa shape index (κ1) is 26.0. The minimum Gasteiger partial charge on any atom is -0.494 e. The second kappa shape index (κ2) is 11.4. The van der Waals surface area contributed by atoms with Crippen LogP contribution in [0.2, 0.25) is 5.02 Å². The Hall–Kier alpha value is -4.03. The normalized spacial score (nSPS) is 16.9. The van der Waals surface area contributed by atoms with Crippen molar-refractivity contribution in [2.75, 3.05) is 11.9 Å². The Bertz CT molecular complexity index is 1490. The topological polar surface area (TPSA) is 166 Å². The summed E-state index contributed by atoms with van der Waals surface area (Å²) in [6, 6.07) is 12.2. The zero-order valence-corrected chi connectivity index (χ0v) is 21.0. The van der Waals surface area contributed by atoms with Gasteiger partial charge in [0, 0.05) is 22.7 Å². The Morgan fingerprint density at radius 3 is 2.70 bits per heavy atom. The number of rotatable bonds is 8. The van der Waals surface area contributed by atoms with Crippen LogP contribution in [-0.2, 0) is 9.59 Å². The van der Waals surface area contributed by atoms with Gasteiger partial charge in [0.1, 0.15) is 22.6 Å². The van der Waals surface area contributed by atoms with Crippen LogP contribution in [0.1, 0.15) is 30.5 Å². The van der Waals surface area contributed by atoms with Crippen LogP contribution in [0, 0.1) is 0 Å². The van der Waals surface area contributed by atoms with Gasteiger partial charge >= 0.3 is 5.69 Å². The van der Waals surface area contributed by atoms with Crippen molar-refractivity contribution in [3.05, 3.63) is 85.5 Å². The van der Waals surface area contributed by atoms with Crippen LogP contribution in [0.5, 0.6) is 11.6 Å². The highest BCUT2D eigenvalue weighted by Gasteiger charge is 2.34. The van der Waals surface area contributed by atoms with Crippen molar-refractivity contribution in [3.8, 4) is 11.6 Å². The molecular formula is C24H22ClN5O6S. The number of aromatic hydroxyl groups is 1. The molecule has 0 unspecified atom stereocenters. The molecule has 2 amide bonds. The molecule has 1 aromatic heterocycles. The first-order valence-electron chi connectivity index (χ1n) is 11.1. The summed E-state index contributed by atoms with van der Waals surface area (Å²) in [6.45, 7) is 2.11. The zero-order chi connectivity index (χ0) is 26.5. The van der Waals surface area contributed by atoms with Gasteiger partial charge in [-0.05, 0) is 31.2 Å². The third-order valence-corrected chi connectivity index (χ3v) is 6.58. The molecular weight excluding hydrogens is 522 g/mol. The van der Waals surface area contributed by atoms with Crippen molar-refractivity contribution in [3.63, 3.8) is 0 Å². The van der Waals surface area contributed by atoms with E-state index in [1.54, 1.807) is 55.5 Å². The number of hydrogen-bond donors (Lipinski definition) is 5. The van der Waals surface area contributed by atoms with Crippen molar-refractivity contribution < 1.29 is 19.4 Å². The molecule has 0 spiro atoms. The molecule has 13 heteroatoms. The number of amides is 2. The fourth-order valence-corrected chi connectivity index (χ4v) is 4.87. The minimum absolute atomic E-state index is 0.131. The number of nitrogens with zero attached hydrogens (tertiary/aromatic N) is 1. The third kappa shape index (κ3) is 6.22. The zero-order valence-electron chi connectivity index (χ0n) is 19.4. The predicted octanol–water partition coefficient (Wildman–Crippen LogP) is 2.53. The molecule has 0 radical (unpaired) electrons. The van der Waals surface area contributed by atoms with E-state index in [-0.39, 0.29) is 17.2 Å². The Morgan fingerprint density at radius 2 is 1.97 bits per heavy atom. The molecule has 192 valence electrons. The largest absolute Gasteiger partial charge is 0.494 e. The number of benzene rings is 2. The number of carbonyl (C=O) groups excluding carboxylic acids is 2. The van der Waals surface area contributed by atoms with E-state index in [0.717, 1.165) is 11.8 Å². The van der Waals surface area contributed by atoms with Gasteiger partial charge in [0.25, 0.3) is 5.56 Å². The molecule has 0 saturated carbocycles. The summed E-state index contributed by atoms with van der Waals surface area (Å²) < 4.78 is 5.68. The summed E-state index contributed by atoms with van der Waals surface area (Å²) in [7, 11) is 0. The van der Waals surface area contributed by atoms with Gasteiger partial charge in [0.15, 0.2) is 5.17 Å². The number of thioether (sulfide) groups is 1. The second-order valence-corrected chi connectivity index (χ2v) is 9.46. The molecule has 0 aliphatic carbocycles. The maximum Gasteiger partial charge on any atom is 0.328 e. The summed E-state index contributed by atoms with van der Waals surface area (Å²) in [5, 5.41) is 15.6. The van der Waals surface area contributed by atoms with Crippen LogP contribution in [0.15, 0.2) is 63.1 Å². The van der Waals surface area contributed by atoms with Crippen LogP contribution in [0.25, 0.3) is 0 Å². The standard InChI is InChI=1S/C24H22ClN5O6S/c1-2-36-15-9-4-3-8-14(15)19(18-21(33)28-23(35)29-22(18)34)27-24-30-20(32)16(37-24)11-17(31)26-13-7-5-6-12(25)10-13/h3-10,16,19H,2,11H2,1H3,(H,26,31)(H,27,30,32)(H3,28,29,33,34,35)/t16-,19+/m1/s1. The first-order chi connectivity index (χ1) is 17.7. The lowest BCUT2D eigenvalue weighted by molar-refractivity contribution is -0.122. The SMILES string of the molecule is CCOc1ccccc1[C@H](N=C1NC(=O)[C@@H](CC(=O)Nc2cccc(Cl)c2)S1)c1c(O)[nH]c(=O)[nH]c1=O. The predicted molar refractivity (Wildman–Crippen MR) is 140 cm³/mol. The summed E-state index contributed by atoms with van der Waals surface area (Å²) in [6.07, 6.45) is -0.146. The van der Waals surface area contributed by atoms with Gasteiger partial charge in [-0.2, -0.15) is 0 Å². The molecule has 2 atom stereocenters. The molecule has 5 N–H and O–H groups in total. The van der Waals surface area contributed by atoms with E-state index in [9.17, 15) is 24.3 Å². The number of anilines is 1. The second-order valence-electron chi connectivity index (χ2n) is 7.84. The Labute approximate surface area is 219 Å². The van der Waals surface area contributed by atoms with Crippen LogP contribution in [0.3, 0.4) is 0 Å². The molecule has 4 rings (SSSR count). The number of ether oxygens (including phenoxy) is 1. The van der Waals surface area contributed by atoms with Crippen molar-refractivity contribution in [2.45, 2.75) is 24.6 Å². The molecule has 1 aliphatic heterocycles. The molecule has 1 aliphatic rings. The maximum atomic E-state index is 12.7. The van der Waals surface area contributed by atoms with Crippen molar-refractivity contribution >= 4 is 46.0 Å². The van der Waals surface area contributed by atoms with Gasteiger partial charge in [-0.25, -0.2) is 9.79 Å². The average molecular weight is 544 g/mol. The molecule has 11 nitrogen and oxygen atoms in total. The fourth-order valence-electron chi connectivity index (χ4n) is 3.69. The van der Waals surface area contributed by atoms with Gasteiger partial charge in [0.05, 0.1) is 6.61 Å². The Kier molecular flexibility index (Phi) is 7.99. The van der Waals surface area contributed by atoms with E-state index >= 15 is 0 Å². The molecule has 2 aromatic carbocycles. The summed E-state index contributed by atoms with van der Waals surface area (Å²) in [4.78, 5) is 58.2. The quantitative estimate of drug-likeness (QED) is 0.291. The number of carbonyl (C=O) groups is 2. The van der Waals surface area contributed by atoms with Crippen molar-refractivity contribution in [1.29, 1.82) is 0 Å². The number of nitrogens with one attached hydrogen (secondary N) is 4. The van der Waals surface area contributed by atoms with E-state index < -0.39 is 40.2 Å². The number of amidine groups is 1. The van der Waals surface area contributed by atoms with E-state index in [1.165, 1.54) is 0 Å². The number of hydrogen-bond acceptors (Lipinski definition) is 8. The third-order valence-electron chi connectivity index (χ3n) is 5.25. The molecule has 2 heterocycles. The Morgan fingerprint density at radius 1 is 1.19 bits per heavy atom. The summed E-state index contributed by atoms with van der Waals surface area (Å²) >= 11 is 6.95. The Balaban J connectivity index is 1.64. The lowest BCUT2D eigenvalue weighted by atomic mass is 10.00. The molecule has 1 fully saturated rings. The average Bonchev–Trinajstić information content (AvgIpc) is 3.16. The highest BCUT2D eigenvalue weighted by Crippen LogP contribution is 2.36. The number of para-hydroxylation sites is 1. The van der Waals surface area contributed by atoms with Gasteiger partial charge in [-0.15, -0.1) is 0 Å². The van der Waals surface area contributed by atoms with E-state index in [4.69, 9.17) is 16.3 Å². The minimum atomic E-state index is -1.15. The fraction of sp³-hybridized carbons (Fsp3) is 0.208. The maximum absolute atomic E-state index is 12.7. The van der Waals surface area contributed by atoms with Gasteiger partial charge < -0.3 is 20.5 Å². The number of H-pyrrole nitrogens is 2. The molecule has 3 aromatic rings. The number of aliphatic imine (C=N–C) groups is 1. The van der Waals surface area contributed by atoms with E-state index in [1.807, 2.05) is 0 Å². The molecule has 1 saturated heterocycles.